The number of hydrogen-bond donors (Lipinski definition) is 2. The molecule has 1 rings (SSSR count). The Labute approximate surface area is 108 Å². The molecular weight excluding hydrogens is 234 g/mol. The Balaban J connectivity index is 2.75. The summed E-state index contributed by atoms with van der Waals surface area (Å²) in [7, 11) is 1.46. The Bertz CT molecular complexity index is 304. The van der Waals surface area contributed by atoms with E-state index in [-0.39, 0.29) is 5.91 Å². The molecule has 2 N–H and O–H groups in total. The number of hydrogen-bond acceptors (Lipinski definition) is 3. The van der Waals surface area contributed by atoms with Crippen molar-refractivity contribution in [1.29, 1.82) is 0 Å². The fourth-order valence-electron chi connectivity index (χ4n) is 2.42. The van der Waals surface area contributed by atoms with E-state index in [2.05, 4.69) is 12.2 Å². The molecule has 1 amide bonds. The van der Waals surface area contributed by atoms with Crippen molar-refractivity contribution in [2.75, 3.05) is 7.11 Å². The SMILES string of the molecule is CCC(OC)C(=O)NC1(C(=O)O)CCC(C)CC1. The first-order chi connectivity index (χ1) is 8.45. The number of methoxy groups -OCH3 is 1. The first-order valence-electron chi connectivity index (χ1n) is 6.53. The first kappa shape index (κ1) is 15.0. The second-order valence-corrected chi connectivity index (χ2v) is 5.19. The lowest BCUT2D eigenvalue weighted by Gasteiger charge is -2.37. The molecule has 0 radical (unpaired) electrons. The van der Waals surface area contributed by atoms with Crippen molar-refractivity contribution < 1.29 is 19.4 Å². The van der Waals surface area contributed by atoms with Crippen LogP contribution in [0, 0.1) is 5.92 Å². The molecule has 1 aliphatic rings. The second-order valence-electron chi connectivity index (χ2n) is 5.19. The zero-order chi connectivity index (χ0) is 13.8. The van der Waals surface area contributed by atoms with Crippen LogP contribution < -0.4 is 5.32 Å². The van der Waals surface area contributed by atoms with Crippen LogP contribution in [0.25, 0.3) is 0 Å². The smallest absolute Gasteiger partial charge is 0.329 e. The van der Waals surface area contributed by atoms with Crippen LogP contribution in [0.5, 0.6) is 0 Å². The number of amides is 1. The highest BCUT2D eigenvalue weighted by Gasteiger charge is 2.43. The number of aliphatic carboxylic acids is 1. The van der Waals surface area contributed by atoms with Crippen molar-refractivity contribution in [1.82, 2.24) is 5.32 Å². The van der Waals surface area contributed by atoms with Crippen LogP contribution in [0.2, 0.25) is 0 Å². The van der Waals surface area contributed by atoms with E-state index in [9.17, 15) is 14.7 Å². The van der Waals surface area contributed by atoms with Crippen molar-refractivity contribution in [2.24, 2.45) is 5.92 Å². The summed E-state index contributed by atoms with van der Waals surface area (Å²) >= 11 is 0. The summed E-state index contributed by atoms with van der Waals surface area (Å²) in [4.78, 5) is 23.4. The van der Waals surface area contributed by atoms with Gasteiger partial charge in [-0.05, 0) is 38.0 Å². The van der Waals surface area contributed by atoms with Crippen LogP contribution >= 0.6 is 0 Å². The summed E-state index contributed by atoms with van der Waals surface area (Å²) in [5.74, 6) is -0.732. The summed E-state index contributed by atoms with van der Waals surface area (Å²) in [6.45, 7) is 3.95. The van der Waals surface area contributed by atoms with Crippen LogP contribution in [0.4, 0.5) is 0 Å². The Morgan fingerprint density at radius 2 is 2.00 bits per heavy atom. The lowest BCUT2D eigenvalue weighted by Crippen LogP contribution is -2.58. The lowest BCUT2D eigenvalue weighted by atomic mass is 9.77. The summed E-state index contributed by atoms with van der Waals surface area (Å²) in [6, 6.07) is 0. The van der Waals surface area contributed by atoms with Crippen molar-refractivity contribution >= 4 is 11.9 Å². The average molecular weight is 257 g/mol. The lowest BCUT2D eigenvalue weighted by molar-refractivity contribution is -0.151. The highest BCUT2D eigenvalue weighted by molar-refractivity contribution is 5.89. The first-order valence-corrected chi connectivity index (χ1v) is 6.53. The molecular formula is C13H23NO4. The van der Waals surface area contributed by atoms with Gasteiger partial charge in [0, 0.05) is 7.11 Å². The van der Waals surface area contributed by atoms with Gasteiger partial charge in [-0.3, -0.25) is 4.79 Å². The number of carbonyl (C=O) groups excluding carboxylic acids is 1. The number of carboxylic acids is 1. The van der Waals surface area contributed by atoms with Gasteiger partial charge in [0.2, 0.25) is 5.91 Å². The highest BCUT2D eigenvalue weighted by Crippen LogP contribution is 2.32. The minimum Gasteiger partial charge on any atom is -0.480 e. The molecule has 0 spiro atoms. The number of ether oxygens (including phenoxy) is 1. The normalized spacial score (nSPS) is 29.6. The fraction of sp³-hybridized carbons (Fsp3) is 0.846. The number of carbonyl (C=O) groups is 2. The van der Waals surface area contributed by atoms with E-state index in [1.165, 1.54) is 7.11 Å². The Morgan fingerprint density at radius 1 is 1.44 bits per heavy atom. The molecule has 0 aromatic carbocycles. The molecule has 0 heterocycles. The van der Waals surface area contributed by atoms with Crippen molar-refractivity contribution in [3.63, 3.8) is 0 Å². The number of rotatable bonds is 5. The van der Waals surface area contributed by atoms with Crippen molar-refractivity contribution in [2.45, 2.75) is 57.6 Å². The average Bonchev–Trinajstić information content (AvgIpc) is 2.33. The molecule has 1 fully saturated rings. The predicted molar refractivity (Wildman–Crippen MR) is 67.2 cm³/mol. The van der Waals surface area contributed by atoms with Crippen LogP contribution in [-0.4, -0.2) is 35.7 Å². The minimum absolute atomic E-state index is 0.322. The second kappa shape index (κ2) is 6.18. The summed E-state index contributed by atoms with van der Waals surface area (Å²) < 4.78 is 5.04. The van der Waals surface area contributed by atoms with Gasteiger partial charge in [-0.15, -0.1) is 0 Å². The summed E-state index contributed by atoms with van der Waals surface area (Å²) in [5.41, 5.74) is -1.10. The van der Waals surface area contributed by atoms with E-state index >= 15 is 0 Å². The monoisotopic (exact) mass is 257 g/mol. The molecule has 0 saturated heterocycles. The molecule has 0 aromatic rings. The molecule has 1 unspecified atom stereocenters. The van der Waals surface area contributed by atoms with Gasteiger partial charge in [0.15, 0.2) is 0 Å². The number of carboxylic acid groups (broad SMARTS) is 1. The van der Waals surface area contributed by atoms with E-state index in [0.29, 0.717) is 25.2 Å². The zero-order valence-electron chi connectivity index (χ0n) is 11.4. The fourth-order valence-corrected chi connectivity index (χ4v) is 2.42. The molecule has 5 heteroatoms. The molecule has 0 aromatic heterocycles. The van der Waals surface area contributed by atoms with Crippen LogP contribution in [0.1, 0.15) is 46.0 Å². The van der Waals surface area contributed by atoms with Crippen LogP contribution in [-0.2, 0) is 14.3 Å². The largest absolute Gasteiger partial charge is 0.480 e. The number of nitrogens with one attached hydrogen (secondary N) is 1. The van der Waals surface area contributed by atoms with Crippen molar-refractivity contribution in [3.8, 4) is 0 Å². The quantitative estimate of drug-likeness (QED) is 0.783. The van der Waals surface area contributed by atoms with E-state index in [1.54, 1.807) is 0 Å². The molecule has 1 atom stereocenters. The molecule has 5 nitrogen and oxygen atoms in total. The molecule has 18 heavy (non-hydrogen) atoms. The van der Waals surface area contributed by atoms with E-state index < -0.39 is 17.6 Å². The van der Waals surface area contributed by atoms with E-state index in [1.807, 2.05) is 6.92 Å². The highest BCUT2D eigenvalue weighted by atomic mass is 16.5. The molecule has 1 aliphatic carbocycles. The Morgan fingerprint density at radius 3 is 2.39 bits per heavy atom. The standard InChI is InChI=1S/C13H23NO4/c1-4-10(18-3)11(15)14-13(12(16)17)7-5-9(2)6-8-13/h9-10H,4-8H2,1-3H3,(H,14,15)(H,16,17). The maximum absolute atomic E-state index is 12.0. The van der Waals surface area contributed by atoms with Gasteiger partial charge >= 0.3 is 5.97 Å². The summed E-state index contributed by atoms with van der Waals surface area (Å²) in [5, 5.41) is 12.1. The van der Waals surface area contributed by atoms with Crippen LogP contribution in [0.15, 0.2) is 0 Å². The third-order valence-corrected chi connectivity index (χ3v) is 3.85. The van der Waals surface area contributed by atoms with Gasteiger partial charge in [-0.25, -0.2) is 4.79 Å². The third kappa shape index (κ3) is 3.22. The van der Waals surface area contributed by atoms with Gasteiger partial charge in [0.1, 0.15) is 11.6 Å². The van der Waals surface area contributed by atoms with Gasteiger partial charge in [-0.2, -0.15) is 0 Å². The maximum atomic E-state index is 12.0. The van der Waals surface area contributed by atoms with Crippen LogP contribution in [0.3, 0.4) is 0 Å². The molecule has 0 aliphatic heterocycles. The van der Waals surface area contributed by atoms with Gasteiger partial charge in [0.05, 0.1) is 0 Å². The third-order valence-electron chi connectivity index (χ3n) is 3.85. The zero-order valence-corrected chi connectivity index (χ0v) is 11.4. The topological polar surface area (TPSA) is 75.6 Å². The van der Waals surface area contributed by atoms with Crippen molar-refractivity contribution in [3.05, 3.63) is 0 Å². The Hall–Kier alpha value is -1.10. The summed E-state index contributed by atoms with van der Waals surface area (Å²) in [6.07, 6.45) is 2.62. The maximum Gasteiger partial charge on any atom is 0.329 e. The molecule has 104 valence electrons. The van der Waals surface area contributed by atoms with E-state index in [4.69, 9.17) is 4.74 Å². The van der Waals surface area contributed by atoms with E-state index in [0.717, 1.165) is 12.8 Å². The molecule has 1 saturated carbocycles. The van der Waals surface area contributed by atoms with Gasteiger partial charge in [-0.1, -0.05) is 13.8 Å². The van der Waals surface area contributed by atoms with Gasteiger partial charge in [0.25, 0.3) is 0 Å². The molecule has 0 bridgehead atoms. The Kier molecular flexibility index (Phi) is 5.14. The predicted octanol–water partition coefficient (Wildman–Crippen LogP) is 1.56. The minimum atomic E-state index is -1.10. The van der Waals surface area contributed by atoms with Gasteiger partial charge < -0.3 is 15.2 Å².